The molecule has 0 aromatic rings. The summed E-state index contributed by atoms with van der Waals surface area (Å²) in [7, 11) is 0. The van der Waals surface area contributed by atoms with Gasteiger partial charge in [-0.2, -0.15) is 0 Å². The summed E-state index contributed by atoms with van der Waals surface area (Å²) in [5.41, 5.74) is 16.6. The first-order valence-corrected chi connectivity index (χ1v) is 10.5. The molecule has 3 amide bonds. The van der Waals surface area contributed by atoms with E-state index in [0.29, 0.717) is 38.8 Å². The molecule has 0 rings (SSSR count). The third-order valence-corrected chi connectivity index (χ3v) is 4.68. The quantitative estimate of drug-likeness (QED) is 0.117. The number of hydrogen-bond donors (Lipinski definition) is 8. The Morgan fingerprint density at radius 2 is 1.35 bits per heavy atom. The number of nitrogens with one attached hydrogen (secondary N) is 3. The fourth-order valence-electron chi connectivity index (χ4n) is 2.72. The molecule has 5 unspecified atom stereocenters. The van der Waals surface area contributed by atoms with Crippen LogP contribution in [0.5, 0.6) is 0 Å². The normalized spacial score (nSPS) is 15.8. The number of aliphatic hydroxyl groups excluding tert-OH is 1. The molecule has 0 radical (unpaired) electrons. The minimum Gasteiger partial charge on any atom is -0.480 e. The fourth-order valence-corrected chi connectivity index (χ4v) is 2.72. The van der Waals surface area contributed by atoms with Crippen molar-refractivity contribution < 1.29 is 29.4 Å². The summed E-state index contributed by atoms with van der Waals surface area (Å²) in [6.07, 6.45) is 1.77. The van der Waals surface area contributed by atoms with Crippen molar-refractivity contribution in [2.45, 2.75) is 82.6 Å². The number of carbonyl (C=O) groups is 4. The first-order valence-electron chi connectivity index (χ1n) is 10.5. The Morgan fingerprint density at radius 3 is 1.84 bits per heavy atom. The van der Waals surface area contributed by atoms with Gasteiger partial charge in [0, 0.05) is 0 Å². The van der Waals surface area contributed by atoms with E-state index >= 15 is 0 Å². The molecular formula is C19H38N6O6. The number of hydrogen-bond acceptors (Lipinski definition) is 8. The molecule has 11 N–H and O–H groups in total. The van der Waals surface area contributed by atoms with Crippen molar-refractivity contribution in [1.29, 1.82) is 0 Å². The molecule has 0 aliphatic heterocycles. The van der Waals surface area contributed by atoms with E-state index in [1.807, 2.05) is 0 Å². The molecule has 0 aromatic carbocycles. The van der Waals surface area contributed by atoms with Crippen molar-refractivity contribution in [2.24, 2.45) is 17.2 Å². The fraction of sp³-hybridized carbons (Fsp3) is 0.789. The molecule has 31 heavy (non-hydrogen) atoms. The number of carboxylic acid groups (broad SMARTS) is 1. The Bertz CT molecular complexity index is 588. The summed E-state index contributed by atoms with van der Waals surface area (Å²) in [6.45, 7) is 3.58. The molecule has 0 aliphatic rings. The van der Waals surface area contributed by atoms with E-state index in [0.717, 1.165) is 6.42 Å². The molecule has 0 heterocycles. The zero-order valence-corrected chi connectivity index (χ0v) is 18.3. The zero-order valence-electron chi connectivity index (χ0n) is 18.3. The predicted octanol–water partition coefficient (Wildman–Crippen LogP) is -2.49. The van der Waals surface area contributed by atoms with Crippen LogP contribution in [0.25, 0.3) is 0 Å². The van der Waals surface area contributed by atoms with Crippen LogP contribution in [-0.2, 0) is 19.2 Å². The Morgan fingerprint density at radius 1 is 0.806 bits per heavy atom. The predicted molar refractivity (Wildman–Crippen MR) is 115 cm³/mol. The highest BCUT2D eigenvalue weighted by Crippen LogP contribution is 2.04. The molecule has 0 spiro atoms. The molecule has 12 nitrogen and oxygen atoms in total. The van der Waals surface area contributed by atoms with E-state index in [9.17, 15) is 29.4 Å². The summed E-state index contributed by atoms with van der Waals surface area (Å²) >= 11 is 0. The number of carboxylic acids is 1. The third-order valence-electron chi connectivity index (χ3n) is 4.68. The van der Waals surface area contributed by atoms with E-state index in [1.165, 1.54) is 13.8 Å². The maximum atomic E-state index is 12.5. The summed E-state index contributed by atoms with van der Waals surface area (Å²) in [4.78, 5) is 48.4. The highest BCUT2D eigenvalue weighted by atomic mass is 16.4. The van der Waals surface area contributed by atoms with Crippen LogP contribution in [0.4, 0.5) is 0 Å². The van der Waals surface area contributed by atoms with Gasteiger partial charge < -0.3 is 43.4 Å². The first kappa shape index (κ1) is 28.7. The summed E-state index contributed by atoms with van der Waals surface area (Å²) in [5, 5.41) is 26.3. The summed E-state index contributed by atoms with van der Waals surface area (Å²) in [5.74, 6) is -3.33. The van der Waals surface area contributed by atoms with Crippen molar-refractivity contribution in [3.63, 3.8) is 0 Å². The highest BCUT2D eigenvalue weighted by Gasteiger charge is 2.31. The van der Waals surface area contributed by atoms with Crippen molar-refractivity contribution in [3.8, 4) is 0 Å². The number of unbranched alkanes of at least 4 members (excludes halogenated alkanes) is 2. The number of rotatable bonds is 16. The number of aliphatic hydroxyl groups is 1. The maximum Gasteiger partial charge on any atom is 0.326 e. The lowest BCUT2D eigenvalue weighted by Crippen LogP contribution is -2.59. The minimum absolute atomic E-state index is 0.160. The van der Waals surface area contributed by atoms with Gasteiger partial charge in [0.25, 0.3) is 0 Å². The van der Waals surface area contributed by atoms with Crippen LogP contribution in [0.1, 0.15) is 52.4 Å². The lowest BCUT2D eigenvalue weighted by atomic mass is 10.1. The molecule has 180 valence electrons. The number of amides is 3. The summed E-state index contributed by atoms with van der Waals surface area (Å²) < 4.78 is 0. The van der Waals surface area contributed by atoms with E-state index in [2.05, 4.69) is 16.0 Å². The van der Waals surface area contributed by atoms with E-state index < -0.39 is 54.0 Å². The third kappa shape index (κ3) is 11.6. The summed E-state index contributed by atoms with van der Waals surface area (Å²) in [6, 6.07) is -4.41. The van der Waals surface area contributed by atoms with Crippen LogP contribution >= 0.6 is 0 Å². The van der Waals surface area contributed by atoms with Crippen LogP contribution in [0.2, 0.25) is 0 Å². The van der Waals surface area contributed by atoms with Crippen molar-refractivity contribution in [1.82, 2.24) is 16.0 Å². The van der Waals surface area contributed by atoms with Gasteiger partial charge in [-0.1, -0.05) is 6.42 Å². The van der Waals surface area contributed by atoms with E-state index in [4.69, 9.17) is 17.2 Å². The van der Waals surface area contributed by atoms with Gasteiger partial charge in [0.15, 0.2) is 0 Å². The molecule has 0 saturated heterocycles. The molecule has 5 atom stereocenters. The molecule has 12 heteroatoms. The highest BCUT2D eigenvalue weighted by molar-refractivity contribution is 5.94. The van der Waals surface area contributed by atoms with Crippen LogP contribution in [0.3, 0.4) is 0 Å². The average molecular weight is 447 g/mol. The molecule has 0 saturated carbocycles. The molecule has 0 bridgehead atoms. The molecule has 0 aliphatic carbocycles. The van der Waals surface area contributed by atoms with Gasteiger partial charge in [-0.15, -0.1) is 0 Å². The Kier molecular flexibility index (Phi) is 14.4. The van der Waals surface area contributed by atoms with Crippen molar-refractivity contribution in [2.75, 3.05) is 13.1 Å². The van der Waals surface area contributed by atoms with Gasteiger partial charge in [0.1, 0.15) is 18.1 Å². The number of carbonyl (C=O) groups excluding carboxylic acids is 3. The molecule has 0 aromatic heterocycles. The van der Waals surface area contributed by atoms with Crippen LogP contribution < -0.4 is 33.2 Å². The van der Waals surface area contributed by atoms with Gasteiger partial charge >= 0.3 is 5.97 Å². The van der Waals surface area contributed by atoms with Gasteiger partial charge in [0.05, 0.1) is 12.1 Å². The SMILES string of the molecule is CC(NC(=O)C(N)CCCCN)C(=O)NC(C(=O)NC(CCCCN)C(=O)O)C(C)O. The molecule has 0 fully saturated rings. The maximum absolute atomic E-state index is 12.5. The number of aliphatic carboxylic acids is 1. The topological polar surface area (TPSA) is 223 Å². The van der Waals surface area contributed by atoms with Crippen LogP contribution in [0.15, 0.2) is 0 Å². The number of nitrogens with two attached hydrogens (primary N) is 3. The van der Waals surface area contributed by atoms with Crippen LogP contribution in [0, 0.1) is 0 Å². The Balaban J connectivity index is 4.88. The smallest absolute Gasteiger partial charge is 0.326 e. The second-order valence-corrected chi connectivity index (χ2v) is 7.53. The van der Waals surface area contributed by atoms with Crippen molar-refractivity contribution >= 4 is 23.7 Å². The monoisotopic (exact) mass is 446 g/mol. The first-order chi connectivity index (χ1) is 14.5. The van der Waals surface area contributed by atoms with Gasteiger partial charge in [-0.05, 0) is 59.0 Å². The Hall–Kier alpha value is -2.28. The largest absolute Gasteiger partial charge is 0.480 e. The standard InChI is InChI=1S/C19H38N6O6/c1-11(23-17(28)13(22)7-3-5-9-20)16(27)25-15(12(2)26)18(29)24-14(19(30)31)8-4-6-10-21/h11-15,26H,3-10,20-22H2,1-2H3,(H,23,28)(H,24,29)(H,25,27)(H,30,31). The van der Waals surface area contributed by atoms with E-state index in [1.54, 1.807) is 0 Å². The van der Waals surface area contributed by atoms with Gasteiger partial charge in [0.2, 0.25) is 17.7 Å². The van der Waals surface area contributed by atoms with E-state index in [-0.39, 0.29) is 6.42 Å². The van der Waals surface area contributed by atoms with Crippen LogP contribution in [-0.4, -0.2) is 77.3 Å². The second kappa shape index (κ2) is 15.5. The lowest BCUT2D eigenvalue weighted by Gasteiger charge is -2.25. The van der Waals surface area contributed by atoms with Gasteiger partial charge in [-0.25, -0.2) is 4.79 Å². The Labute approximate surface area is 182 Å². The minimum atomic E-state index is -1.40. The lowest BCUT2D eigenvalue weighted by molar-refractivity contribution is -0.143. The zero-order chi connectivity index (χ0) is 24.0. The van der Waals surface area contributed by atoms with Gasteiger partial charge in [-0.3, -0.25) is 14.4 Å². The second-order valence-electron chi connectivity index (χ2n) is 7.53. The molecular weight excluding hydrogens is 408 g/mol. The van der Waals surface area contributed by atoms with Crippen molar-refractivity contribution in [3.05, 3.63) is 0 Å². The average Bonchev–Trinajstić information content (AvgIpc) is 2.70.